The summed E-state index contributed by atoms with van der Waals surface area (Å²) >= 11 is 0. The van der Waals surface area contributed by atoms with E-state index in [0.29, 0.717) is 17.5 Å². The summed E-state index contributed by atoms with van der Waals surface area (Å²) in [7, 11) is 1.50. The number of rotatable bonds is 4. The zero-order valence-electron chi connectivity index (χ0n) is 14.4. The second-order valence-electron chi connectivity index (χ2n) is 8.01. The van der Waals surface area contributed by atoms with Gasteiger partial charge in [-0.3, -0.25) is 15.0 Å². The average Bonchev–Trinajstić information content (AvgIpc) is 2.81. The molecule has 2 atom stereocenters. The van der Waals surface area contributed by atoms with Crippen LogP contribution in [-0.4, -0.2) is 48.7 Å². The number of ether oxygens (including phenoxy) is 1. The monoisotopic (exact) mass is 296 g/mol. The maximum absolute atomic E-state index is 12.3. The van der Waals surface area contributed by atoms with Crippen LogP contribution in [-0.2, 0) is 9.53 Å². The summed E-state index contributed by atoms with van der Waals surface area (Å²) in [6.07, 6.45) is 5.44. The molecular formula is C17H32N2O2. The van der Waals surface area contributed by atoms with Crippen molar-refractivity contribution in [2.45, 2.75) is 77.4 Å². The van der Waals surface area contributed by atoms with E-state index >= 15 is 0 Å². The van der Waals surface area contributed by atoms with E-state index < -0.39 is 5.54 Å². The van der Waals surface area contributed by atoms with Crippen LogP contribution in [0.2, 0.25) is 0 Å². The Morgan fingerprint density at radius 2 is 2.05 bits per heavy atom. The van der Waals surface area contributed by atoms with Crippen LogP contribution in [0.1, 0.15) is 59.8 Å². The molecule has 0 aromatic carbocycles. The van der Waals surface area contributed by atoms with Gasteiger partial charge in [-0.05, 0) is 57.9 Å². The number of piperidine rings is 1. The molecule has 1 saturated carbocycles. The van der Waals surface area contributed by atoms with Crippen LogP contribution in [0, 0.1) is 5.41 Å². The largest absolute Gasteiger partial charge is 0.468 e. The fourth-order valence-electron chi connectivity index (χ4n) is 4.23. The van der Waals surface area contributed by atoms with E-state index in [1.54, 1.807) is 0 Å². The molecule has 1 N–H and O–H groups in total. The Morgan fingerprint density at radius 1 is 1.33 bits per heavy atom. The first-order chi connectivity index (χ1) is 9.78. The van der Waals surface area contributed by atoms with Gasteiger partial charge < -0.3 is 4.74 Å². The third-order valence-corrected chi connectivity index (χ3v) is 5.08. The highest BCUT2D eigenvalue weighted by molar-refractivity contribution is 5.81. The molecule has 2 fully saturated rings. The lowest BCUT2D eigenvalue weighted by Crippen LogP contribution is -2.55. The number of nitrogens with zero attached hydrogens (tertiary/aromatic N) is 1. The molecule has 0 amide bonds. The summed E-state index contributed by atoms with van der Waals surface area (Å²) in [6.45, 7) is 11.2. The Morgan fingerprint density at radius 3 is 2.62 bits per heavy atom. The molecule has 2 rings (SSSR count). The van der Waals surface area contributed by atoms with Gasteiger partial charge >= 0.3 is 5.97 Å². The number of methoxy groups -OCH3 is 1. The smallest absolute Gasteiger partial charge is 0.326 e. The van der Waals surface area contributed by atoms with Crippen LogP contribution in [0.3, 0.4) is 0 Å². The molecule has 1 heterocycles. The van der Waals surface area contributed by atoms with Crippen LogP contribution >= 0.6 is 0 Å². The van der Waals surface area contributed by atoms with Crippen LogP contribution in [0.25, 0.3) is 0 Å². The van der Waals surface area contributed by atoms with Gasteiger partial charge in [0.2, 0.25) is 0 Å². The van der Waals surface area contributed by atoms with Crippen LogP contribution in [0.5, 0.6) is 0 Å². The van der Waals surface area contributed by atoms with Gasteiger partial charge in [-0.25, -0.2) is 0 Å². The molecule has 2 aliphatic rings. The van der Waals surface area contributed by atoms with E-state index in [1.165, 1.54) is 26.5 Å². The summed E-state index contributed by atoms with van der Waals surface area (Å²) in [5.74, 6) is -0.0880. The van der Waals surface area contributed by atoms with E-state index in [-0.39, 0.29) is 5.97 Å². The number of esters is 1. The second-order valence-corrected chi connectivity index (χ2v) is 8.01. The van der Waals surface area contributed by atoms with Gasteiger partial charge in [-0.2, -0.15) is 0 Å². The Hall–Kier alpha value is -0.610. The predicted octanol–water partition coefficient (Wildman–Crippen LogP) is 2.57. The third kappa shape index (κ3) is 3.78. The van der Waals surface area contributed by atoms with Gasteiger partial charge in [0.05, 0.1) is 7.11 Å². The van der Waals surface area contributed by atoms with Crippen LogP contribution < -0.4 is 5.32 Å². The van der Waals surface area contributed by atoms with Gasteiger partial charge in [0.15, 0.2) is 0 Å². The number of nitrogens with one attached hydrogen (secondary N) is 1. The number of hydrogen-bond donors (Lipinski definition) is 1. The van der Waals surface area contributed by atoms with Gasteiger partial charge in [0, 0.05) is 18.6 Å². The van der Waals surface area contributed by atoms with Crippen LogP contribution in [0.15, 0.2) is 0 Å². The van der Waals surface area contributed by atoms with E-state index in [2.05, 4.69) is 37.9 Å². The minimum Gasteiger partial charge on any atom is -0.468 e. The molecule has 0 aromatic rings. The molecule has 1 aliphatic heterocycles. The van der Waals surface area contributed by atoms with E-state index in [1.807, 2.05) is 0 Å². The Balaban J connectivity index is 2.07. The fourth-order valence-corrected chi connectivity index (χ4v) is 4.23. The minimum absolute atomic E-state index is 0.0880. The Kier molecular flexibility index (Phi) is 4.99. The molecule has 0 aromatic heterocycles. The predicted molar refractivity (Wildman–Crippen MR) is 85.2 cm³/mol. The quantitative estimate of drug-likeness (QED) is 0.810. The van der Waals surface area contributed by atoms with Crippen LogP contribution in [0.4, 0.5) is 0 Å². The molecule has 2 unspecified atom stereocenters. The maximum atomic E-state index is 12.3. The van der Waals surface area contributed by atoms with Gasteiger partial charge in [-0.15, -0.1) is 0 Å². The maximum Gasteiger partial charge on any atom is 0.326 e. The lowest BCUT2D eigenvalue weighted by atomic mass is 9.83. The highest BCUT2D eigenvalue weighted by Crippen LogP contribution is 2.38. The molecule has 4 nitrogen and oxygen atoms in total. The first-order valence-electron chi connectivity index (χ1n) is 8.38. The highest BCUT2D eigenvalue weighted by Gasteiger charge is 2.48. The SMILES string of the molecule is COC(=O)C1(NC(C)C)CCC(N2CCCC(C)(C)C2)C1. The van der Waals surface area contributed by atoms with E-state index in [4.69, 9.17) is 4.74 Å². The molecule has 21 heavy (non-hydrogen) atoms. The number of hydrogen-bond acceptors (Lipinski definition) is 4. The molecule has 1 aliphatic carbocycles. The van der Waals surface area contributed by atoms with Crippen molar-refractivity contribution in [3.05, 3.63) is 0 Å². The Bertz CT molecular complexity index is 381. The van der Waals surface area contributed by atoms with Gasteiger partial charge in [-0.1, -0.05) is 13.8 Å². The highest BCUT2D eigenvalue weighted by atomic mass is 16.5. The number of likely N-dealkylation sites (tertiary alicyclic amines) is 1. The fraction of sp³-hybridized carbons (Fsp3) is 0.941. The zero-order valence-corrected chi connectivity index (χ0v) is 14.4. The zero-order chi connectivity index (χ0) is 15.7. The normalized spacial score (nSPS) is 33.3. The molecule has 0 radical (unpaired) electrons. The molecule has 1 saturated heterocycles. The van der Waals surface area contributed by atoms with Crippen molar-refractivity contribution in [1.82, 2.24) is 10.2 Å². The van der Waals surface area contributed by atoms with Crippen molar-refractivity contribution < 1.29 is 9.53 Å². The van der Waals surface area contributed by atoms with Gasteiger partial charge in [0.1, 0.15) is 5.54 Å². The minimum atomic E-state index is -0.477. The molecule has 0 bridgehead atoms. The lowest BCUT2D eigenvalue weighted by Gasteiger charge is -2.42. The van der Waals surface area contributed by atoms with E-state index in [9.17, 15) is 4.79 Å². The number of carbonyl (C=O) groups excluding carboxylic acids is 1. The number of carbonyl (C=O) groups is 1. The average molecular weight is 296 g/mol. The lowest BCUT2D eigenvalue weighted by molar-refractivity contribution is -0.149. The van der Waals surface area contributed by atoms with Crippen molar-refractivity contribution in [3.8, 4) is 0 Å². The van der Waals surface area contributed by atoms with Gasteiger partial charge in [0.25, 0.3) is 0 Å². The second kappa shape index (κ2) is 6.25. The summed E-state index contributed by atoms with van der Waals surface area (Å²) in [4.78, 5) is 14.9. The van der Waals surface area contributed by atoms with Crippen molar-refractivity contribution in [1.29, 1.82) is 0 Å². The standard InChI is InChI=1S/C17H32N2O2/c1-13(2)18-17(15(20)21-5)9-7-14(11-17)19-10-6-8-16(3,4)12-19/h13-14,18H,6-12H2,1-5H3. The van der Waals surface area contributed by atoms with E-state index in [0.717, 1.165) is 25.8 Å². The van der Waals surface area contributed by atoms with Crippen molar-refractivity contribution in [3.63, 3.8) is 0 Å². The topological polar surface area (TPSA) is 41.6 Å². The van der Waals surface area contributed by atoms with Crippen molar-refractivity contribution in [2.75, 3.05) is 20.2 Å². The molecule has 4 heteroatoms. The third-order valence-electron chi connectivity index (χ3n) is 5.08. The molecular weight excluding hydrogens is 264 g/mol. The van der Waals surface area contributed by atoms with Crippen molar-refractivity contribution >= 4 is 5.97 Å². The first-order valence-corrected chi connectivity index (χ1v) is 8.38. The molecule has 0 spiro atoms. The molecule has 122 valence electrons. The Labute approximate surface area is 129 Å². The first kappa shape index (κ1) is 16.8. The van der Waals surface area contributed by atoms with Crippen molar-refractivity contribution in [2.24, 2.45) is 5.41 Å². The summed E-state index contributed by atoms with van der Waals surface area (Å²) in [5, 5.41) is 3.49. The summed E-state index contributed by atoms with van der Waals surface area (Å²) in [5.41, 5.74) is -0.0740. The summed E-state index contributed by atoms with van der Waals surface area (Å²) in [6, 6.07) is 0.801. The summed E-state index contributed by atoms with van der Waals surface area (Å²) < 4.78 is 5.10.